The van der Waals surface area contributed by atoms with Crippen LogP contribution < -0.4 is 5.32 Å². The summed E-state index contributed by atoms with van der Waals surface area (Å²) in [6, 6.07) is 0. The molecule has 6 heteroatoms. The zero-order valence-corrected chi connectivity index (χ0v) is 12.4. The third kappa shape index (κ3) is 4.26. The average Bonchev–Trinajstić information content (AvgIpc) is 2.39. The van der Waals surface area contributed by atoms with Gasteiger partial charge >= 0.3 is 0 Å². The molecule has 2 rings (SSSR count). The van der Waals surface area contributed by atoms with Gasteiger partial charge in [0.25, 0.3) is 0 Å². The average molecular weight is 288 g/mol. The van der Waals surface area contributed by atoms with E-state index in [1.54, 1.807) is 0 Å². The Morgan fingerprint density at radius 3 is 2.74 bits per heavy atom. The van der Waals surface area contributed by atoms with Crippen molar-refractivity contribution in [2.45, 2.75) is 32.1 Å². The topological polar surface area (TPSA) is 66.5 Å². The summed E-state index contributed by atoms with van der Waals surface area (Å²) in [5, 5.41) is 3.26. The normalized spacial score (nSPS) is 30.2. The van der Waals surface area contributed by atoms with Crippen LogP contribution in [0.25, 0.3) is 0 Å². The number of nitrogens with zero attached hydrogens (tertiary/aromatic N) is 1. The molecule has 19 heavy (non-hydrogen) atoms. The smallest absolute Gasteiger partial charge is 0.211 e. The number of sulfonamides is 1. The number of nitrogens with one attached hydrogen (secondary N) is 1. The second-order valence-corrected chi connectivity index (χ2v) is 7.83. The third-order valence-corrected chi connectivity index (χ3v) is 5.46. The van der Waals surface area contributed by atoms with Crippen LogP contribution in [-0.4, -0.2) is 50.9 Å². The highest BCUT2D eigenvalue weighted by atomic mass is 32.2. The maximum absolute atomic E-state index is 12.2. The van der Waals surface area contributed by atoms with Gasteiger partial charge < -0.3 is 5.32 Å². The maximum Gasteiger partial charge on any atom is 0.211 e. The Morgan fingerprint density at radius 1 is 1.32 bits per heavy atom. The second kappa shape index (κ2) is 6.33. The summed E-state index contributed by atoms with van der Waals surface area (Å²) in [5.74, 6) is 0.660. The summed E-state index contributed by atoms with van der Waals surface area (Å²) < 4.78 is 24.6. The highest BCUT2D eigenvalue weighted by Gasteiger charge is 2.29. The van der Waals surface area contributed by atoms with Crippen LogP contribution in [0.5, 0.6) is 0 Å². The van der Waals surface area contributed by atoms with E-state index in [-0.39, 0.29) is 11.8 Å². The van der Waals surface area contributed by atoms with E-state index in [2.05, 4.69) is 5.32 Å². The van der Waals surface area contributed by atoms with Crippen LogP contribution in [0.15, 0.2) is 0 Å². The molecule has 0 amide bonds. The van der Waals surface area contributed by atoms with Crippen molar-refractivity contribution in [3.63, 3.8) is 0 Å². The van der Waals surface area contributed by atoms with Crippen molar-refractivity contribution in [2.24, 2.45) is 11.8 Å². The number of carbonyl (C=O) groups excluding carboxylic acids is 1. The summed E-state index contributed by atoms with van der Waals surface area (Å²) in [5.41, 5.74) is 0. The van der Waals surface area contributed by atoms with Crippen molar-refractivity contribution >= 4 is 15.8 Å². The number of hydrogen-bond donors (Lipinski definition) is 1. The Morgan fingerprint density at radius 2 is 2.11 bits per heavy atom. The lowest BCUT2D eigenvalue weighted by Gasteiger charge is -2.31. The van der Waals surface area contributed by atoms with Gasteiger partial charge in [-0.25, -0.2) is 12.7 Å². The molecule has 2 fully saturated rings. The van der Waals surface area contributed by atoms with Gasteiger partial charge in [0.05, 0.1) is 6.26 Å². The van der Waals surface area contributed by atoms with Crippen molar-refractivity contribution in [2.75, 3.05) is 32.4 Å². The van der Waals surface area contributed by atoms with E-state index >= 15 is 0 Å². The Kier molecular flexibility index (Phi) is 4.97. The summed E-state index contributed by atoms with van der Waals surface area (Å²) >= 11 is 0. The van der Waals surface area contributed by atoms with E-state index in [4.69, 9.17) is 0 Å². The molecule has 0 spiro atoms. The Bertz CT molecular complexity index is 416. The minimum Gasteiger partial charge on any atom is -0.316 e. The third-order valence-electron chi connectivity index (χ3n) is 4.19. The van der Waals surface area contributed by atoms with Gasteiger partial charge in [-0.1, -0.05) is 0 Å². The molecule has 0 aliphatic carbocycles. The van der Waals surface area contributed by atoms with E-state index in [0.717, 1.165) is 38.8 Å². The molecule has 5 nitrogen and oxygen atoms in total. The first-order valence-corrected chi connectivity index (χ1v) is 9.00. The molecular formula is C13H24N2O3S. The van der Waals surface area contributed by atoms with Crippen LogP contribution in [0.1, 0.15) is 32.1 Å². The highest BCUT2D eigenvalue weighted by molar-refractivity contribution is 7.88. The van der Waals surface area contributed by atoms with E-state index in [0.29, 0.717) is 25.3 Å². The fraction of sp³-hybridized carbons (Fsp3) is 0.923. The van der Waals surface area contributed by atoms with Crippen LogP contribution in [0, 0.1) is 11.8 Å². The number of Topliss-reactive ketones (excluding diaryl/α,β-unsaturated/α-hetero) is 1. The predicted molar refractivity (Wildman–Crippen MR) is 74.4 cm³/mol. The number of ketones is 1. The lowest BCUT2D eigenvalue weighted by Crippen LogP contribution is -2.41. The van der Waals surface area contributed by atoms with Crippen LogP contribution in [-0.2, 0) is 14.8 Å². The SMILES string of the molecule is CS(=O)(=O)N1CCCC(CC(=O)C2CCCNC2)C1. The van der Waals surface area contributed by atoms with Crippen molar-refractivity contribution in [1.82, 2.24) is 9.62 Å². The Labute approximate surface area is 115 Å². The van der Waals surface area contributed by atoms with Gasteiger partial charge in [0.2, 0.25) is 10.0 Å². The molecule has 2 atom stereocenters. The molecule has 0 aromatic heterocycles. The first-order valence-electron chi connectivity index (χ1n) is 7.15. The zero-order valence-electron chi connectivity index (χ0n) is 11.6. The van der Waals surface area contributed by atoms with Crippen molar-refractivity contribution in [3.8, 4) is 0 Å². The molecule has 0 saturated carbocycles. The van der Waals surface area contributed by atoms with Crippen LogP contribution >= 0.6 is 0 Å². The molecule has 1 N–H and O–H groups in total. The first-order chi connectivity index (χ1) is 8.97. The molecule has 2 heterocycles. The second-order valence-electron chi connectivity index (χ2n) is 5.84. The largest absolute Gasteiger partial charge is 0.316 e. The van der Waals surface area contributed by atoms with Gasteiger partial charge in [0, 0.05) is 32.0 Å². The van der Waals surface area contributed by atoms with Gasteiger partial charge in [-0.2, -0.15) is 0 Å². The van der Waals surface area contributed by atoms with Gasteiger partial charge in [0.1, 0.15) is 5.78 Å². The molecule has 2 saturated heterocycles. The van der Waals surface area contributed by atoms with E-state index in [1.807, 2.05) is 0 Å². The highest BCUT2D eigenvalue weighted by Crippen LogP contribution is 2.24. The lowest BCUT2D eigenvalue weighted by atomic mass is 9.86. The van der Waals surface area contributed by atoms with E-state index in [1.165, 1.54) is 10.6 Å². The van der Waals surface area contributed by atoms with Crippen LogP contribution in [0.3, 0.4) is 0 Å². The molecular weight excluding hydrogens is 264 g/mol. The number of hydrogen-bond acceptors (Lipinski definition) is 4. The maximum atomic E-state index is 12.2. The van der Waals surface area contributed by atoms with Crippen LogP contribution in [0.4, 0.5) is 0 Å². The van der Waals surface area contributed by atoms with Gasteiger partial charge in [-0.15, -0.1) is 0 Å². The molecule has 0 bridgehead atoms. The quantitative estimate of drug-likeness (QED) is 0.823. The fourth-order valence-electron chi connectivity index (χ4n) is 3.07. The van der Waals surface area contributed by atoms with Crippen molar-refractivity contribution in [3.05, 3.63) is 0 Å². The molecule has 2 aliphatic rings. The summed E-state index contributed by atoms with van der Waals surface area (Å²) in [6.45, 7) is 2.93. The standard InChI is InChI=1S/C13H24N2O3S/c1-19(17,18)15-7-3-4-11(10-15)8-13(16)12-5-2-6-14-9-12/h11-12,14H,2-10H2,1H3. The minimum absolute atomic E-state index is 0.141. The van der Waals surface area contributed by atoms with Gasteiger partial charge in [-0.3, -0.25) is 4.79 Å². The monoisotopic (exact) mass is 288 g/mol. The number of piperidine rings is 2. The fourth-order valence-corrected chi connectivity index (χ4v) is 4.01. The van der Waals surface area contributed by atoms with E-state index < -0.39 is 10.0 Å². The van der Waals surface area contributed by atoms with Crippen molar-refractivity contribution in [1.29, 1.82) is 0 Å². The molecule has 110 valence electrons. The number of carbonyl (C=O) groups is 1. The Balaban J connectivity index is 1.86. The Hall–Kier alpha value is -0.460. The molecule has 2 unspecified atom stereocenters. The van der Waals surface area contributed by atoms with Crippen molar-refractivity contribution < 1.29 is 13.2 Å². The van der Waals surface area contributed by atoms with Crippen LogP contribution in [0.2, 0.25) is 0 Å². The summed E-state index contributed by atoms with van der Waals surface area (Å²) in [7, 11) is -3.11. The predicted octanol–water partition coefficient (Wildman–Crippen LogP) is 0.617. The number of rotatable bonds is 4. The molecule has 0 radical (unpaired) electrons. The first kappa shape index (κ1) is 14.9. The zero-order chi connectivity index (χ0) is 13.9. The minimum atomic E-state index is -3.11. The summed E-state index contributed by atoms with van der Waals surface area (Å²) in [4.78, 5) is 12.2. The summed E-state index contributed by atoms with van der Waals surface area (Å²) in [6.07, 6.45) is 5.68. The van der Waals surface area contributed by atoms with Gasteiger partial charge in [0.15, 0.2) is 0 Å². The van der Waals surface area contributed by atoms with E-state index in [9.17, 15) is 13.2 Å². The van der Waals surface area contributed by atoms with Gasteiger partial charge in [-0.05, 0) is 38.1 Å². The lowest BCUT2D eigenvalue weighted by molar-refractivity contribution is -0.124. The molecule has 2 aliphatic heterocycles. The molecule has 0 aromatic rings. The molecule has 0 aromatic carbocycles.